The van der Waals surface area contributed by atoms with Gasteiger partial charge in [-0.2, -0.15) is 0 Å². The Kier molecular flexibility index (Phi) is 5.33. The van der Waals surface area contributed by atoms with Crippen LogP contribution in [-0.2, 0) is 17.6 Å². The van der Waals surface area contributed by atoms with E-state index in [1.165, 1.54) is 5.56 Å². The molecule has 0 bridgehead atoms. The van der Waals surface area contributed by atoms with Crippen LogP contribution in [0.5, 0.6) is 0 Å². The fraction of sp³-hybridized carbons (Fsp3) is 0.211. The normalized spacial score (nSPS) is 10.5. The van der Waals surface area contributed by atoms with Crippen molar-refractivity contribution in [2.24, 2.45) is 0 Å². The molecule has 4 nitrogen and oxygen atoms in total. The van der Waals surface area contributed by atoms with Gasteiger partial charge in [-0.3, -0.25) is 9.78 Å². The second kappa shape index (κ2) is 7.84. The van der Waals surface area contributed by atoms with Gasteiger partial charge in [0, 0.05) is 35.8 Å². The van der Waals surface area contributed by atoms with E-state index in [2.05, 4.69) is 46.5 Å². The van der Waals surface area contributed by atoms with Gasteiger partial charge in [-0.15, -0.1) is 11.3 Å². The lowest BCUT2D eigenvalue weighted by atomic mass is 10.2. The first-order valence-electron chi connectivity index (χ1n) is 7.89. The summed E-state index contributed by atoms with van der Waals surface area (Å²) >= 11 is 1.57. The molecule has 24 heavy (non-hydrogen) atoms. The Morgan fingerprint density at radius 1 is 1.12 bits per heavy atom. The summed E-state index contributed by atoms with van der Waals surface area (Å²) in [5.74, 6) is -0.00770. The lowest BCUT2D eigenvalue weighted by Gasteiger charge is -2.03. The third-order valence-electron chi connectivity index (χ3n) is 3.62. The first kappa shape index (κ1) is 16.3. The highest BCUT2D eigenvalue weighted by molar-refractivity contribution is 7.13. The summed E-state index contributed by atoms with van der Waals surface area (Å²) in [5, 5.41) is 5.82. The lowest BCUT2D eigenvalue weighted by molar-refractivity contribution is -0.120. The summed E-state index contributed by atoms with van der Waals surface area (Å²) in [6.07, 6.45) is 2.81. The number of aryl methyl sites for hydroxylation is 1. The minimum Gasteiger partial charge on any atom is -0.355 e. The summed E-state index contributed by atoms with van der Waals surface area (Å²) in [5.41, 5.74) is 4.11. The van der Waals surface area contributed by atoms with E-state index in [1.54, 1.807) is 17.5 Å². The van der Waals surface area contributed by atoms with E-state index in [0.29, 0.717) is 13.0 Å². The van der Waals surface area contributed by atoms with Gasteiger partial charge in [0.1, 0.15) is 5.01 Å². The Bertz CT molecular complexity index is 797. The number of rotatable bonds is 6. The molecule has 1 amide bonds. The number of pyridine rings is 1. The molecule has 3 aromatic rings. The fourth-order valence-corrected chi connectivity index (χ4v) is 3.15. The molecule has 0 aliphatic heterocycles. The van der Waals surface area contributed by atoms with Gasteiger partial charge in [-0.05, 0) is 19.1 Å². The highest BCUT2D eigenvalue weighted by Crippen LogP contribution is 2.24. The standard InChI is InChI=1S/C19H19N3OS/c1-14-5-7-15(8-6-14)19-22-17(13-24-19)12-18(23)21-11-9-16-4-2-3-10-20-16/h2-8,10,13H,9,11-12H2,1H3,(H,21,23). The summed E-state index contributed by atoms with van der Waals surface area (Å²) in [6.45, 7) is 2.65. The van der Waals surface area contributed by atoms with Gasteiger partial charge in [-0.1, -0.05) is 35.9 Å². The van der Waals surface area contributed by atoms with Gasteiger partial charge in [0.25, 0.3) is 0 Å². The zero-order valence-electron chi connectivity index (χ0n) is 13.5. The molecule has 3 rings (SSSR count). The number of carbonyl (C=O) groups excluding carboxylic acids is 1. The number of thiazole rings is 1. The summed E-state index contributed by atoms with van der Waals surface area (Å²) in [7, 11) is 0. The molecule has 1 N–H and O–H groups in total. The van der Waals surface area contributed by atoms with Crippen LogP contribution in [0.2, 0.25) is 0 Å². The molecular weight excluding hydrogens is 318 g/mol. The van der Waals surface area contributed by atoms with Gasteiger partial charge in [0.2, 0.25) is 5.91 Å². The van der Waals surface area contributed by atoms with E-state index >= 15 is 0 Å². The zero-order valence-corrected chi connectivity index (χ0v) is 14.3. The predicted molar refractivity (Wildman–Crippen MR) is 96.9 cm³/mol. The number of aromatic nitrogens is 2. The summed E-state index contributed by atoms with van der Waals surface area (Å²) < 4.78 is 0. The molecule has 0 fully saturated rings. The van der Waals surface area contributed by atoms with Crippen LogP contribution in [0, 0.1) is 6.92 Å². The third kappa shape index (κ3) is 4.49. The van der Waals surface area contributed by atoms with Crippen LogP contribution in [0.25, 0.3) is 10.6 Å². The molecule has 0 aliphatic rings. The fourth-order valence-electron chi connectivity index (χ4n) is 2.32. The average Bonchev–Trinajstić information content (AvgIpc) is 3.05. The monoisotopic (exact) mass is 337 g/mol. The second-order valence-corrected chi connectivity index (χ2v) is 6.47. The molecule has 0 spiro atoms. The van der Waals surface area contributed by atoms with Crippen LogP contribution in [0.3, 0.4) is 0 Å². The van der Waals surface area contributed by atoms with E-state index in [1.807, 2.05) is 23.6 Å². The average molecular weight is 337 g/mol. The first-order valence-corrected chi connectivity index (χ1v) is 8.77. The molecule has 122 valence electrons. The predicted octanol–water partition coefficient (Wildman–Crippen LogP) is 3.41. The topological polar surface area (TPSA) is 54.9 Å². The Morgan fingerprint density at radius 3 is 2.71 bits per heavy atom. The van der Waals surface area contributed by atoms with E-state index in [0.717, 1.165) is 28.4 Å². The number of carbonyl (C=O) groups is 1. The Morgan fingerprint density at radius 2 is 1.96 bits per heavy atom. The molecule has 1 aromatic carbocycles. The minimum atomic E-state index is -0.00770. The van der Waals surface area contributed by atoms with Crippen molar-refractivity contribution in [3.63, 3.8) is 0 Å². The number of nitrogens with zero attached hydrogens (tertiary/aromatic N) is 2. The van der Waals surface area contributed by atoms with Crippen LogP contribution < -0.4 is 5.32 Å². The third-order valence-corrected chi connectivity index (χ3v) is 4.56. The number of benzene rings is 1. The van der Waals surface area contributed by atoms with Gasteiger partial charge in [-0.25, -0.2) is 4.98 Å². The zero-order chi connectivity index (χ0) is 16.8. The Hall–Kier alpha value is -2.53. The number of hydrogen-bond donors (Lipinski definition) is 1. The number of nitrogens with one attached hydrogen (secondary N) is 1. The van der Waals surface area contributed by atoms with Crippen molar-refractivity contribution in [2.75, 3.05) is 6.54 Å². The maximum Gasteiger partial charge on any atom is 0.226 e. The largest absolute Gasteiger partial charge is 0.355 e. The van der Waals surface area contributed by atoms with Crippen molar-refractivity contribution < 1.29 is 4.79 Å². The van der Waals surface area contributed by atoms with E-state index in [4.69, 9.17) is 0 Å². The van der Waals surface area contributed by atoms with Crippen LogP contribution in [0.4, 0.5) is 0 Å². The molecule has 0 saturated carbocycles. The minimum absolute atomic E-state index is 0.00770. The van der Waals surface area contributed by atoms with Crippen LogP contribution in [0.15, 0.2) is 54.0 Å². The van der Waals surface area contributed by atoms with Gasteiger partial charge in [0.05, 0.1) is 12.1 Å². The summed E-state index contributed by atoms with van der Waals surface area (Å²) in [6, 6.07) is 14.1. The Balaban J connectivity index is 1.51. The van der Waals surface area contributed by atoms with Crippen LogP contribution in [-0.4, -0.2) is 22.4 Å². The van der Waals surface area contributed by atoms with Crippen molar-refractivity contribution >= 4 is 17.2 Å². The molecule has 0 unspecified atom stereocenters. The number of amides is 1. The highest BCUT2D eigenvalue weighted by atomic mass is 32.1. The van der Waals surface area contributed by atoms with Gasteiger partial charge < -0.3 is 5.32 Å². The second-order valence-electron chi connectivity index (χ2n) is 5.61. The highest BCUT2D eigenvalue weighted by Gasteiger charge is 2.09. The quantitative estimate of drug-likeness (QED) is 0.750. The molecule has 5 heteroatoms. The SMILES string of the molecule is Cc1ccc(-c2nc(CC(=O)NCCc3ccccn3)cs2)cc1. The number of hydrogen-bond acceptors (Lipinski definition) is 4. The summed E-state index contributed by atoms with van der Waals surface area (Å²) in [4.78, 5) is 20.8. The molecule has 0 atom stereocenters. The molecular formula is C19H19N3OS. The smallest absolute Gasteiger partial charge is 0.226 e. The first-order chi connectivity index (χ1) is 11.7. The van der Waals surface area contributed by atoms with Crippen molar-refractivity contribution in [1.29, 1.82) is 0 Å². The molecule has 0 aliphatic carbocycles. The molecule has 2 aromatic heterocycles. The van der Waals surface area contributed by atoms with Crippen molar-refractivity contribution in [3.8, 4) is 10.6 Å². The molecule has 0 saturated heterocycles. The van der Waals surface area contributed by atoms with Crippen molar-refractivity contribution in [1.82, 2.24) is 15.3 Å². The molecule has 2 heterocycles. The maximum absolute atomic E-state index is 12.0. The van der Waals surface area contributed by atoms with Crippen LogP contribution >= 0.6 is 11.3 Å². The van der Waals surface area contributed by atoms with Crippen molar-refractivity contribution in [2.45, 2.75) is 19.8 Å². The molecule has 0 radical (unpaired) electrons. The Labute approximate surface area is 145 Å². The lowest BCUT2D eigenvalue weighted by Crippen LogP contribution is -2.27. The van der Waals surface area contributed by atoms with E-state index < -0.39 is 0 Å². The van der Waals surface area contributed by atoms with Gasteiger partial charge >= 0.3 is 0 Å². The van der Waals surface area contributed by atoms with E-state index in [-0.39, 0.29) is 5.91 Å². The van der Waals surface area contributed by atoms with E-state index in [9.17, 15) is 4.79 Å². The van der Waals surface area contributed by atoms with Gasteiger partial charge in [0.15, 0.2) is 0 Å². The van der Waals surface area contributed by atoms with Crippen molar-refractivity contribution in [3.05, 3.63) is 71.0 Å². The van der Waals surface area contributed by atoms with Crippen LogP contribution in [0.1, 0.15) is 17.0 Å². The maximum atomic E-state index is 12.0.